The van der Waals surface area contributed by atoms with Crippen LogP contribution in [0.1, 0.15) is 17.3 Å². The fraction of sp³-hybridized carbons (Fsp3) is 0.100. The summed E-state index contributed by atoms with van der Waals surface area (Å²) in [6.45, 7) is 1.89. The minimum atomic E-state index is -0.0191. The van der Waals surface area contributed by atoms with E-state index in [2.05, 4.69) is 5.32 Å². The van der Waals surface area contributed by atoms with Gasteiger partial charge in [0.2, 0.25) is 0 Å². The van der Waals surface area contributed by atoms with Gasteiger partial charge in [-0.05, 0) is 24.5 Å². The molecule has 2 nitrogen and oxygen atoms in total. The van der Waals surface area contributed by atoms with Gasteiger partial charge in [0.25, 0.3) is 5.91 Å². The van der Waals surface area contributed by atoms with Crippen molar-refractivity contribution in [2.75, 3.05) is 0 Å². The fourth-order valence-electron chi connectivity index (χ4n) is 1.18. The normalized spacial score (nSPS) is 15.5. The van der Waals surface area contributed by atoms with E-state index < -0.39 is 0 Å². The lowest BCUT2D eigenvalue weighted by Gasteiger charge is -2.02. The van der Waals surface area contributed by atoms with Crippen molar-refractivity contribution in [3.05, 3.63) is 40.9 Å². The van der Waals surface area contributed by atoms with Gasteiger partial charge in [-0.15, -0.1) is 0 Å². The first kappa shape index (κ1) is 8.38. The molecule has 1 heterocycles. The Bertz CT molecular complexity index is 384. The van der Waals surface area contributed by atoms with Crippen LogP contribution >= 0.6 is 11.8 Å². The van der Waals surface area contributed by atoms with Crippen LogP contribution in [0.5, 0.6) is 0 Å². The third-order valence-corrected chi connectivity index (χ3v) is 2.89. The summed E-state index contributed by atoms with van der Waals surface area (Å²) in [4.78, 5) is 12.6. The lowest BCUT2D eigenvalue weighted by Crippen LogP contribution is -2.20. The number of carbonyl (C=O) groups excluding carboxylic acids is 1. The molecule has 0 spiro atoms. The number of allylic oxidation sites excluding steroid dienone is 1. The number of hydrogen-bond donors (Lipinski definition) is 1. The van der Waals surface area contributed by atoms with E-state index in [1.165, 1.54) is 0 Å². The molecule has 0 saturated heterocycles. The summed E-state index contributed by atoms with van der Waals surface area (Å²) in [6, 6.07) is 7.60. The fourth-order valence-corrected chi connectivity index (χ4v) is 1.99. The molecule has 1 aromatic rings. The van der Waals surface area contributed by atoms with Gasteiger partial charge >= 0.3 is 0 Å². The standard InChI is InChI=1S/C10H9NOS/c1-7-6-13-9-5-3-2-4-8(9)10(12)11-7/h2-6H,1H3,(H,11,12). The van der Waals surface area contributed by atoms with Gasteiger partial charge in [-0.25, -0.2) is 0 Å². The Labute approximate surface area is 81.0 Å². The summed E-state index contributed by atoms with van der Waals surface area (Å²) in [5, 5.41) is 4.75. The Morgan fingerprint density at radius 2 is 2.08 bits per heavy atom. The Hall–Kier alpha value is -1.22. The van der Waals surface area contributed by atoms with Crippen molar-refractivity contribution in [3.8, 4) is 0 Å². The highest BCUT2D eigenvalue weighted by molar-refractivity contribution is 8.02. The second-order valence-corrected chi connectivity index (χ2v) is 3.78. The molecule has 1 aliphatic heterocycles. The van der Waals surface area contributed by atoms with Crippen LogP contribution in [-0.2, 0) is 0 Å². The largest absolute Gasteiger partial charge is 0.325 e. The van der Waals surface area contributed by atoms with Gasteiger partial charge in [0.15, 0.2) is 0 Å². The molecule has 0 fully saturated rings. The third-order valence-electron chi connectivity index (χ3n) is 1.81. The van der Waals surface area contributed by atoms with Gasteiger partial charge in [-0.1, -0.05) is 23.9 Å². The van der Waals surface area contributed by atoms with Crippen molar-refractivity contribution >= 4 is 17.7 Å². The Morgan fingerprint density at radius 1 is 1.31 bits per heavy atom. The third kappa shape index (κ3) is 1.60. The highest BCUT2D eigenvalue weighted by Gasteiger charge is 2.13. The van der Waals surface area contributed by atoms with E-state index in [0.717, 1.165) is 16.2 Å². The van der Waals surface area contributed by atoms with Gasteiger partial charge in [-0.3, -0.25) is 4.79 Å². The molecule has 0 saturated carbocycles. The summed E-state index contributed by atoms with van der Waals surface area (Å²) in [7, 11) is 0. The van der Waals surface area contributed by atoms with Crippen molar-refractivity contribution in [1.29, 1.82) is 0 Å². The number of fused-ring (bicyclic) bond motifs is 1. The SMILES string of the molecule is CC1=CSc2ccccc2C(=O)N1. The molecule has 1 aromatic carbocycles. The molecule has 0 aromatic heterocycles. The van der Waals surface area contributed by atoms with E-state index in [9.17, 15) is 4.79 Å². The predicted octanol–water partition coefficient (Wildman–Crippen LogP) is 2.38. The Kier molecular flexibility index (Phi) is 2.10. The van der Waals surface area contributed by atoms with Gasteiger partial charge in [0, 0.05) is 10.6 Å². The summed E-state index contributed by atoms with van der Waals surface area (Å²) < 4.78 is 0. The van der Waals surface area contributed by atoms with Crippen LogP contribution in [0.2, 0.25) is 0 Å². The molecular weight excluding hydrogens is 182 g/mol. The maximum atomic E-state index is 11.6. The summed E-state index contributed by atoms with van der Waals surface area (Å²) in [6.07, 6.45) is 0. The van der Waals surface area contributed by atoms with Crippen molar-refractivity contribution < 1.29 is 4.79 Å². The maximum Gasteiger partial charge on any atom is 0.256 e. The van der Waals surface area contributed by atoms with Gasteiger partial charge < -0.3 is 5.32 Å². The molecule has 1 aliphatic rings. The Balaban J connectivity index is 2.49. The number of rotatable bonds is 0. The summed E-state index contributed by atoms with van der Waals surface area (Å²) >= 11 is 1.58. The van der Waals surface area contributed by atoms with Crippen molar-refractivity contribution in [2.24, 2.45) is 0 Å². The van der Waals surface area contributed by atoms with Gasteiger partial charge in [-0.2, -0.15) is 0 Å². The zero-order chi connectivity index (χ0) is 9.26. The smallest absolute Gasteiger partial charge is 0.256 e. The average molecular weight is 191 g/mol. The lowest BCUT2D eigenvalue weighted by atomic mass is 10.2. The van der Waals surface area contributed by atoms with E-state index in [-0.39, 0.29) is 5.91 Å². The lowest BCUT2D eigenvalue weighted by molar-refractivity contribution is 0.0963. The molecule has 0 atom stereocenters. The second-order valence-electron chi connectivity index (χ2n) is 2.87. The first-order valence-electron chi connectivity index (χ1n) is 4.01. The second kappa shape index (κ2) is 3.26. The summed E-state index contributed by atoms with van der Waals surface area (Å²) in [5.74, 6) is -0.0191. The van der Waals surface area contributed by atoms with Gasteiger partial charge in [0.05, 0.1) is 5.56 Å². The molecule has 66 valence electrons. The van der Waals surface area contributed by atoms with E-state index in [1.807, 2.05) is 36.6 Å². The highest BCUT2D eigenvalue weighted by atomic mass is 32.2. The summed E-state index contributed by atoms with van der Waals surface area (Å²) in [5.41, 5.74) is 1.65. The molecule has 1 amide bonds. The minimum Gasteiger partial charge on any atom is -0.325 e. The van der Waals surface area contributed by atoms with Crippen LogP contribution in [-0.4, -0.2) is 5.91 Å². The van der Waals surface area contributed by atoms with Crippen LogP contribution in [0.4, 0.5) is 0 Å². The monoisotopic (exact) mass is 191 g/mol. The molecule has 0 radical (unpaired) electrons. The molecule has 1 N–H and O–H groups in total. The van der Waals surface area contributed by atoms with Crippen LogP contribution in [0, 0.1) is 0 Å². The van der Waals surface area contributed by atoms with Gasteiger partial charge in [0.1, 0.15) is 0 Å². The molecular formula is C10H9NOS. The first-order chi connectivity index (χ1) is 6.27. The van der Waals surface area contributed by atoms with Crippen LogP contribution in [0.15, 0.2) is 40.3 Å². The zero-order valence-electron chi connectivity index (χ0n) is 7.20. The number of thioether (sulfide) groups is 1. The van der Waals surface area contributed by atoms with Crippen molar-refractivity contribution in [3.63, 3.8) is 0 Å². The maximum absolute atomic E-state index is 11.6. The number of hydrogen-bond acceptors (Lipinski definition) is 2. The van der Waals surface area contributed by atoms with E-state index in [4.69, 9.17) is 0 Å². The molecule has 13 heavy (non-hydrogen) atoms. The van der Waals surface area contributed by atoms with E-state index in [0.29, 0.717) is 0 Å². The van der Waals surface area contributed by atoms with Crippen molar-refractivity contribution in [2.45, 2.75) is 11.8 Å². The number of amides is 1. The topological polar surface area (TPSA) is 29.1 Å². The van der Waals surface area contributed by atoms with E-state index in [1.54, 1.807) is 11.8 Å². The minimum absolute atomic E-state index is 0.0191. The predicted molar refractivity (Wildman–Crippen MR) is 53.5 cm³/mol. The Morgan fingerprint density at radius 3 is 2.92 bits per heavy atom. The molecule has 0 bridgehead atoms. The molecule has 0 aliphatic carbocycles. The highest BCUT2D eigenvalue weighted by Crippen LogP contribution is 2.26. The zero-order valence-corrected chi connectivity index (χ0v) is 8.02. The quantitative estimate of drug-likeness (QED) is 0.682. The number of carbonyl (C=O) groups is 1. The van der Waals surface area contributed by atoms with Crippen LogP contribution < -0.4 is 5.32 Å². The number of benzene rings is 1. The first-order valence-corrected chi connectivity index (χ1v) is 4.89. The number of nitrogens with one attached hydrogen (secondary N) is 1. The van der Waals surface area contributed by atoms with Crippen LogP contribution in [0.3, 0.4) is 0 Å². The van der Waals surface area contributed by atoms with Crippen LogP contribution in [0.25, 0.3) is 0 Å². The molecule has 3 heteroatoms. The average Bonchev–Trinajstić information content (AvgIpc) is 2.27. The molecule has 0 unspecified atom stereocenters. The van der Waals surface area contributed by atoms with Crippen molar-refractivity contribution in [1.82, 2.24) is 5.32 Å². The molecule has 2 rings (SSSR count). The van der Waals surface area contributed by atoms with E-state index >= 15 is 0 Å².